The smallest absolute Gasteiger partial charge is 0.417 e. The molecule has 0 N–H and O–H groups in total. The fourth-order valence-corrected chi connectivity index (χ4v) is 3.00. The highest BCUT2D eigenvalue weighted by molar-refractivity contribution is 6.30. The van der Waals surface area contributed by atoms with Gasteiger partial charge in [-0.15, -0.1) is 10.2 Å². The third-order valence-electron chi connectivity index (χ3n) is 4.13. The van der Waals surface area contributed by atoms with Crippen LogP contribution in [0.5, 0.6) is 5.75 Å². The van der Waals surface area contributed by atoms with E-state index in [1.807, 2.05) is 0 Å². The summed E-state index contributed by atoms with van der Waals surface area (Å²) in [7, 11) is 1.53. The molecule has 1 aromatic heterocycles. The van der Waals surface area contributed by atoms with Crippen molar-refractivity contribution < 1.29 is 22.3 Å². The zero-order valence-corrected chi connectivity index (χ0v) is 15.9. The molecule has 3 aromatic rings. The van der Waals surface area contributed by atoms with E-state index in [2.05, 4.69) is 10.2 Å². The van der Waals surface area contributed by atoms with Gasteiger partial charge in [0, 0.05) is 17.6 Å². The van der Waals surface area contributed by atoms with Crippen LogP contribution in [0.25, 0.3) is 11.4 Å². The summed E-state index contributed by atoms with van der Waals surface area (Å²) in [6.45, 7) is 3.43. The van der Waals surface area contributed by atoms with Crippen molar-refractivity contribution in [3.05, 3.63) is 64.7 Å². The number of hydrogen-bond acceptors (Lipinski definition) is 3. The number of rotatable bonds is 4. The van der Waals surface area contributed by atoms with Gasteiger partial charge in [-0.2, -0.15) is 13.2 Å². The van der Waals surface area contributed by atoms with Crippen LogP contribution in [0.4, 0.5) is 17.6 Å². The second-order valence-corrected chi connectivity index (χ2v) is 7.10. The molecule has 0 unspecified atom stereocenters. The average Bonchev–Trinajstić information content (AvgIpc) is 2.98. The van der Waals surface area contributed by atoms with Gasteiger partial charge in [-0.25, -0.2) is 4.39 Å². The molecule has 0 aliphatic rings. The maximum atomic E-state index is 13.4. The summed E-state index contributed by atoms with van der Waals surface area (Å²) in [4.78, 5) is 0. The Morgan fingerprint density at radius 2 is 1.64 bits per heavy atom. The second-order valence-electron chi connectivity index (χ2n) is 6.66. The predicted octanol–water partition coefficient (Wildman–Crippen LogP) is 5.61. The Morgan fingerprint density at radius 3 is 2.25 bits per heavy atom. The Labute approximate surface area is 163 Å². The first-order valence-corrected chi connectivity index (χ1v) is 8.58. The van der Waals surface area contributed by atoms with Crippen molar-refractivity contribution in [1.82, 2.24) is 14.8 Å². The molecule has 2 aromatic carbocycles. The SMILES string of the molecule is Cn1c(-c2ccc(F)cc2C(F)(F)F)nnc1C(C)(C)Oc1ccc(Cl)cc1. The van der Waals surface area contributed by atoms with Crippen molar-refractivity contribution in [3.8, 4) is 17.1 Å². The Kier molecular flexibility index (Phi) is 5.10. The van der Waals surface area contributed by atoms with E-state index in [1.165, 1.54) is 11.6 Å². The van der Waals surface area contributed by atoms with E-state index in [4.69, 9.17) is 16.3 Å². The van der Waals surface area contributed by atoms with Gasteiger partial charge in [0.15, 0.2) is 17.2 Å². The van der Waals surface area contributed by atoms with Gasteiger partial charge in [-0.1, -0.05) is 11.6 Å². The minimum atomic E-state index is -4.74. The minimum absolute atomic E-state index is 0.0462. The van der Waals surface area contributed by atoms with E-state index in [-0.39, 0.29) is 11.4 Å². The lowest BCUT2D eigenvalue weighted by atomic mass is 10.1. The van der Waals surface area contributed by atoms with Crippen molar-refractivity contribution in [2.75, 3.05) is 0 Å². The molecular weight excluding hydrogens is 398 g/mol. The molecule has 0 aliphatic heterocycles. The lowest BCUT2D eigenvalue weighted by molar-refractivity contribution is -0.137. The molecule has 148 valence electrons. The van der Waals surface area contributed by atoms with Crippen LogP contribution >= 0.6 is 11.6 Å². The van der Waals surface area contributed by atoms with Crippen LogP contribution in [0, 0.1) is 5.82 Å². The number of hydrogen-bond donors (Lipinski definition) is 0. The molecule has 0 fully saturated rings. The lowest BCUT2D eigenvalue weighted by Crippen LogP contribution is -2.29. The minimum Gasteiger partial charge on any atom is -0.480 e. The normalized spacial score (nSPS) is 12.3. The largest absolute Gasteiger partial charge is 0.480 e. The van der Waals surface area contributed by atoms with Crippen LogP contribution in [0.15, 0.2) is 42.5 Å². The summed E-state index contributed by atoms with van der Waals surface area (Å²) in [5.41, 5.74) is -2.39. The third-order valence-corrected chi connectivity index (χ3v) is 4.38. The van der Waals surface area contributed by atoms with Crippen molar-refractivity contribution in [2.45, 2.75) is 25.6 Å². The highest BCUT2D eigenvalue weighted by atomic mass is 35.5. The fraction of sp³-hybridized carbons (Fsp3) is 0.263. The number of nitrogens with zero attached hydrogens (tertiary/aromatic N) is 3. The molecule has 1 heterocycles. The summed E-state index contributed by atoms with van der Waals surface area (Å²) >= 11 is 5.86. The van der Waals surface area contributed by atoms with E-state index in [0.29, 0.717) is 22.7 Å². The van der Waals surface area contributed by atoms with E-state index in [1.54, 1.807) is 38.1 Å². The number of aromatic nitrogens is 3. The van der Waals surface area contributed by atoms with Gasteiger partial charge in [0.1, 0.15) is 11.6 Å². The van der Waals surface area contributed by atoms with Gasteiger partial charge < -0.3 is 9.30 Å². The molecule has 0 saturated carbocycles. The molecule has 4 nitrogen and oxygen atoms in total. The summed E-state index contributed by atoms with van der Waals surface area (Å²) in [5.74, 6) is -0.216. The molecule has 0 atom stereocenters. The predicted molar refractivity (Wildman–Crippen MR) is 96.5 cm³/mol. The Bertz CT molecular complexity index is 997. The van der Waals surface area contributed by atoms with Gasteiger partial charge in [0.2, 0.25) is 0 Å². The molecule has 28 heavy (non-hydrogen) atoms. The quantitative estimate of drug-likeness (QED) is 0.522. The van der Waals surface area contributed by atoms with Gasteiger partial charge in [-0.3, -0.25) is 0 Å². The van der Waals surface area contributed by atoms with E-state index >= 15 is 0 Å². The summed E-state index contributed by atoms with van der Waals surface area (Å²) in [5, 5.41) is 8.47. The van der Waals surface area contributed by atoms with Crippen LogP contribution in [0.1, 0.15) is 25.2 Å². The van der Waals surface area contributed by atoms with Crippen LogP contribution in [-0.4, -0.2) is 14.8 Å². The molecule has 0 saturated heterocycles. The molecule has 0 aliphatic carbocycles. The summed E-state index contributed by atoms with van der Waals surface area (Å²) < 4.78 is 60.8. The first-order valence-electron chi connectivity index (χ1n) is 8.20. The Morgan fingerprint density at radius 1 is 1.00 bits per heavy atom. The van der Waals surface area contributed by atoms with Crippen LogP contribution in [-0.2, 0) is 18.8 Å². The third kappa shape index (κ3) is 3.96. The Balaban J connectivity index is 2.02. The molecular formula is C19H16ClF4N3O. The fourth-order valence-electron chi connectivity index (χ4n) is 2.88. The average molecular weight is 414 g/mol. The van der Waals surface area contributed by atoms with Gasteiger partial charge >= 0.3 is 6.18 Å². The van der Waals surface area contributed by atoms with Gasteiger partial charge in [0.25, 0.3) is 0 Å². The first-order chi connectivity index (χ1) is 13.0. The second kappa shape index (κ2) is 7.09. The molecule has 0 radical (unpaired) electrons. The van der Waals surface area contributed by atoms with Crippen molar-refractivity contribution in [1.29, 1.82) is 0 Å². The van der Waals surface area contributed by atoms with Crippen molar-refractivity contribution in [2.24, 2.45) is 7.05 Å². The standard InChI is InChI=1S/C19H16ClF4N3O/c1-18(2,28-13-7-4-11(20)5-8-13)17-26-25-16(27(17)3)14-9-6-12(21)10-15(14)19(22,23)24/h4-10H,1-3H3. The monoisotopic (exact) mass is 413 g/mol. The van der Waals surface area contributed by atoms with Crippen LogP contribution in [0.3, 0.4) is 0 Å². The zero-order chi connectivity index (χ0) is 20.7. The summed E-state index contributed by atoms with van der Waals surface area (Å²) in [6, 6.07) is 9.09. The maximum absolute atomic E-state index is 13.4. The zero-order valence-electron chi connectivity index (χ0n) is 15.2. The van der Waals surface area contributed by atoms with E-state index in [0.717, 1.165) is 12.1 Å². The van der Waals surface area contributed by atoms with Crippen LogP contribution in [0.2, 0.25) is 5.02 Å². The van der Waals surface area contributed by atoms with Crippen LogP contribution < -0.4 is 4.74 Å². The Hall–Kier alpha value is -2.61. The van der Waals surface area contributed by atoms with Gasteiger partial charge in [-0.05, 0) is 56.3 Å². The number of benzene rings is 2. The highest BCUT2D eigenvalue weighted by Crippen LogP contribution is 2.38. The lowest BCUT2D eigenvalue weighted by Gasteiger charge is -2.25. The molecule has 0 spiro atoms. The topological polar surface area (TPSA) is 39.9 Å². The summed E-state index contributed by atoms with van der Waals surface area (Å²) in [6.07, 6.45) is -4.74. The molecule has 9 heteroatoms. The van der Waals surface area contributed by atoms with E-state index < -0.39 is 23.2 Å². The number of alkyl halides is 3. The van der Waals surface area contributed by atoms with Crippen molar-refractivity contribution in [3.63, 3.8) is 0 Å². The highest BCUT2D eigenvalue weighted by Gasteiger charge is 2.37. The van der Waals surface area contributed by atoms with Crippen molar-refractivity contribution >= 4 is 11.6 Å². The first kappa shape index (κ1) is 20.1. The molecule has 3 rings (SSSR count). The maximum Gasteiger partial charge on any atom is 0.417 e. The number of ether oxygens (including phenoxy) is 1. The van der Waals surface area contributed by atoms with Gasteiger partial charge in [0.05, 0.1) is 5.56 Å². The number of halogens is 5. The molecule has 0 bridgehead atoms. The van der Waals surface area contributed by atoms with E-state index in [9.17, 15) is 17.6 Å². The molecule has 0 amide bonds.